The highest BCUT2D eigenvalue weighted by molar-refractivity contribution is 5.03. The summed E-state index contributed by atoms with van der Waals surface area (Å²) in [6.45, 7) is 3.29. The van der Waals surface area contributed by atoms with E-state index in [1.807, 2.05) is 17.1 Å². The predicted molar refractivity (Wildman–Crippen MR) is 43.3 cm³/mol. The zero-order valence-electron chi connectivity index (χ0n) is 6.82. The second kappa shape index (κ2) is 4.13. The van der Waals surface area contributed by atoms with Gasteiger partial charge in [-0.1, -0.05) is 6.92 Å². The van der Waals surface area contributed by atoms with E-state index >= 15 is 0 Å². The summed E-state index contributed by atoms with van der Waals surface area (Å²) in [6, 6.07) is 0. The minimum Gasteiger partial charge on any atom is -0.396 e. The Hall–Kier alpha value is -0.830. The van der Waals surface area contributed by atoms with Gasteiger partial charge in [0.1, 0.15) is 0 Å². The third kappa shape index (κ3) is 2.35. The third-order valence-corrected chi connectivity index (χ3v) is 1.54. The summed E-state index contributed by atoms with van der Waals surface area (Å²) in [5.41, 5.74) is 1.11. The van der Waals surface area contributed by atoms with Gasteiger partial charge in [-0.25, -0.2) is 0 Å². The second-order valence-corrected chi connectivity index (χ2v) is 2.59. The molecule has 0 bridgehead atoms. The molecular weight excluding hydrogens is 140 g/mol. The van der Waals surface area contributed by atoms with Gasteiger partial charge >= 0.3 is 0 Å². The molecule has 1 aromatic heterocycles. The molecule has 3 nitrogen and oxygen atoms in total. The molecule has 0 aliphatic carbocycles. The quantitative estimate of drug-likeness (QED) is 0.697. The van der Waals surface area contributed by atoms with Crippen LogP contribution in [0.25, 0.3) is 0 Å². The molecule has 0 saturated heterocycles. The monoisotopic (exact) mass is 154 g/mol. The number of hydrogen-bond acceptors (Lipinski definition) is 2. The van der Waals surface area contributed by atoms with Gasteiger partial charge < -0.3 is 5.11 Å². The lowest BCUT2D eigenvalue weighted by atomic mass is 10.3. The maximum absolute atomic E-state index is 8.62. The van der Waals surface area contributed by atoms with Gasteiger partial charge in [-0.15, -0.1) is 0 Å². The molecule has 1 aromatic rings. The smallest absolute Gasteiger partial charge is 0.0522 e. The van der Waals surface area contributed by atoms with Crippen LogP contribution in [0.1, 0.15) is 18.9 Å². The van der Waals surface area contributed by atoms with E-state index in [9.17, 15) is 0 Å². The largest absolute Gasteiger partial charge is 0.396 e. The molecule has 62 valence electrons. The topological polar surface area (TPSA) is 38.0 Å². The van der Waals surface area contributed by atoms with E-state index in [4.69, 9.17) is 5.11 Å². The van der Waals surface area contributed by atoms with Crippen molar-refractivity contribution in [1.82, 2.24) is 9.78 Å². The highest BCUT2D eigenvalue weighted by Gasteiger charge is 1.95. The Balaban J connectivity index is 2.51. The Bertz CT molecular complexity index is 187. The van der Waals surface area contributed by atoms with Crippen LogP contribution in [0.3, 0.4) is 0 Å². The fraction of sp³-hybridized carbons (Fsp3) is 0.625. The summed E-state index contributed by atoms with van der Waals surface area (Å²) in [5, 5.41) is 12.8. The molecule has 0 aliphatic heterocycles. The fourth-order valence-corrected chi connectivity index (χ4v) is 1.02. The van der Waals surface area contributed by atoms with Crippen LogP contribution in [-0.4, -0.2) is 21.5 Å². The Morgan fingerprint density at radius 3 is 3.09 bits per heavy atom. The summed E-state index contributed by atoms with van der Waals surface area (Å²) in [5.74, 6) is 0. The first-order chi connectivity index (χ1) is 5.36. The minimum absolute atomic E-state index is 0.206. The van der Waals surface area contributed by atoms with Crippen LogP contribution in [0.4, 0.5) is 0 Å². The fourth-order valence-electron chi connectivity index (χ4n) is 1.02. The van der Waals surface area contributed by atoms with Crippen molar-refractivity contribution < 1.29 is 5.11 Å². The molecule has 0 amide bonds. The van der Waals surface area contributed by atoms with Crippen molar-refractivity contribution in [3.8, 4) is 0 Å². The molecular formula is C8H14N2O. The van der Waals surface area contributed by atoms with Crippen molar-refractivity contribution >= 4 is 0 Å². The zero-order valence-corrected chi connectivity index (χ0v) is 6.82. The van der Waals surface area contributed by atoms with E-state index in [0.29, 0.717) is 6.42 Å². The summed E-state index contributed by atoms with van der Waals surface area (Å²) >= 11 is 0. The number of nitrogens with zero attached hydrogens (tertiary/aromatic N) is 2. The lowest BCUT2D eigenvalue weighted by Crippen LogP contribution is -1.95. The molecule has 3 heteroatoms. The van der Waals surface area contributed by atoms with Gasteiger partial charge in [0.15, 0.2) is 0 Å². The number of aromatic nitrogens is 2. The van der Waals surface area contributed by atoms with Gasteiger partial charge in [-0.05, 0) is 18.4 Å². The SMILES string of the molecule is CCCn1cc(CCO)cn1. The molecule has 0 aromatic carbocycles. The maximum atomic E-state index is 8.62. The van der Waals surface area contributed by atoms with Crippen LogP contribution in [0, 0.1) is 0 Å². The van der Waals surface area contributed by atoms with E-state index in [2.05, 4.69) is 12.0 Å². The van der Waals surface area contributed by atoms with Crippen LogP contribution >= 0.6 is 0 Å². The Morgan fingerprint density at radius 2 is 2.45 bits per heavy atom. The van der Waals surface area contributed by atoms with Crippen molar-refractivity contribution in [3.05, 3.63) is 18.0 Å². The molecule has 0 unspecified atom stereocenters. The average Bonchev–Trinajstić information content (AvgIpc) is 2.38. The Morgan fingerprint density at radius 1 is 1.64 bits per heavy atom. The van der Waals surface area contributed by atoms with Gasteiger partial charge in [0, 0.05) is 19.3 Å². The van der Waals surface area contributed by atoms with E-state index in [1.54, 1.807) is 0 Å². The molecule has 1 rings (SSSR count). The maximum Gasteiger partial charge on any atom is 0.0522 e. The molecule has 0 aliphatic rings. The Labute approximate surface area is 66.7 Å². The van der Waals surface area contributed by atoms with Gasteiger partial charge in [0.25, 0.3) is 0 Å². The van der Waals surface area contributed by atoms with E-state index in [0.717, 1.165) is 18.5 Å². The highest BCUT2D eigenvalue weighted by Crippen LogP contribution is 1.98. The number of aliphatic hydroxyl groups excluding tert-OH is 1. The van der Waals surface area contributed by atoms with Gasteiger partial charge in [-0.3, -0.25) is 4.68 Å². The average molecular weight is 154 g/mol. The number of hydrogen-bond donors (Lipinski definition) is 1. The van der Waals surface area contributed by atoms with E-state index < -0.39 is 0 Å². The summed E-state index contributed by atoms with van der Waals surface area (Å²) in [7, 11) is 0. The molecule has 0 saturated carbocycles. The molecule has 0 spiro atoms. The first kappa shape index (κ1) is 8.27. The minimum atomic E-state index is 0.206. The van der Waals surface area contributed by atoms with Crippen molar-refractivity contribution in [3.63, 3.8) is 0 Å². The van der Waals surface area contributed by atoms with Crippen LogP contribution < -0.4 is 0 Å². The van der Waals surface area contributed by atoms with Gasteiger partial charge in [0.05, 0.1) is 6.20 Å². The summed E-state index contributed by atoms with van der Waals surface area (Å²) in [6.07, 6.45) is 5.61. The second-order valence-electron chi connectivity index (χ2n) is 2.59. The van der Waals surface area contributed by atoms with E-state index in [1.165, 1.54) is 0 Å². The Kier molecular flexibility index (Phi) is 3.11. The van der Waals surface area contributed by atoms with E-state index in [-0.39, 0.29) is 6.61 Å². The normalized spacial score (nSPS) is 10.4. The number of rotatable bonds is 4. The highest BCUT2D eigenvalue weighted by atomic mass is 16.2. The van der Waals surface area contributed by atoms with Crippen LogP contribution in [0.5, 0.6) is 0 Å². The van der Waals surface area contributed by atoms with Crippen molar-refractivity contribution in [2.24, 2.45) is 0 Å². The lowest BCUT2D eigenvalue weighted by Gasteiger charge is -1.94. The molecule has 11 heavy (non-hydrogen) atoms. The first-order valence-electron chi connectivity index (χ1n) is 3.99. The van der Waals surface area contributed by atoms with Crippen LogP contribution in [0.2, 0.25) is 0 Å². The van der Waals surface area contributed by atoms with Crippen molar-refractivity contribution in [1.29, 1.82) is 0 Å². The summed E-state index contributed by atoms with van der Waals surface area (Å²) in [4.78, 5) is 0. The van der Waals surface area contributed by atoms with Crippen molar-refractivity contribution in [2.45, 2.75) is 26.3 Å². The third-order valence-electron chi connectivity index (χ3n) is 1.54. The zero-order chi connectivity index (χ0) is 8.10. The number of aliphatic hydroxyl groups is 1. The summed E-state index contributed by atoms with van der Waals surface area (Å²) < 4.78 is 1.91. The molecule has 0 radical (unpaired) electrons. The lowest BCUT2D eigenvalue weighted by molar-refractivity contribution is 0.299. The van der Waals surface area contributed by atoms with Crippen LogP contribution in [0.15, 0.2) is 12.4 Å². The molecule has 0 atom stereocenters. The van der Waals surface area contributed by atoms with Crippen molar-refractivity contribution in [2.75, 3.05) is 6.61 Å². The van der Waals surface area contributed by atoms with Crippen LogP contribution in [-0.2, 0) is 13.0 Å². The number of aryl methyl sites for hydroxylation is 1. The standard InChI is InChI=1S/C8H14N2O/c1-2-4-10-7-8(3-5-11)6-9-10/h6-7,11H,2-5H2,1H3. The first-order valence-corrected chi connectivity index (χ1v) is 3.99. The molecule has 1 N–H and O–H groups in total. The molecule has 1 heterocycles. The van der Waals surface area contributed by atoms with Gasteiger partial charge in [0.2, 0.25) is 0 Å². The molecule has 0 fully saturated rings. The predicted octanol–water partition coefficient (Wildman–Crippen LogP) is 0.828. The van der Waals surface area contributed by atoms with Gasteiger partial charge in [-0.2, -0.15) is 5.10 Å².